The van der Waals surface area contributed by atoms with Crippen LogP contribution in [0.4, 0.5) is 11.4 Å². The molecule has 136 valence electrons. The van der Waals surface area contributed by atoms with Crippen LogP contribution in [-0.4, -0.2) is 18.1 Å². The highest BCUT2D eigenvalue weighted by atomic mass is 79.9. The summed E-state index contributed by atoms with van der Waals surface area (Å²) in [7, 11) is 0. The average molecular weight is 404 g/mol. The number of halogens is 1. The van der Waals surface area contributed by atoms with Gasteiger partial charge < -0.3 is 10.6 Å². The number of nitrogens with two attached hydrogens (primary N) is 1. The molecule has 0 aliphatic rings. The standard InChI is InChI=1S/C21H30BrN3/c1-6-8-11-25(7-2)19-12-15(5)24-21(20(19)23)17-10-9-16(14(3)4)13-18(17)22/h9-10,12-14H,6-8,11,23H2,1-5H3. The first-order valence-electron chi connectivity index (χ1n) is 9.20. The molecule has 1 aromatic carbocycles. The topological polar surface area (TPSA) is 42.2 Å². The van der Waals surface area contributed by atoms with Gasteiger partial charge in [-0.15, -0.1) is 0 Å². The summed E-state index contributed by atoms with van der Waals surface area (Å²) >= 11 is 3.72. The zero-order valence-corrected chi connectivity index (χ0v) is 17.7. The number of hydrogen-bond donors (Lipinski definition) is 1. The zero-order valence-electron chi connectivity index (χ0n) is 16.1. The highest BCUT2D eigenvalue weighted by Gasteiger charge is 2.17. The number of pyridine rings is 1. The smallest absolute Gasteiger partial charge is 0.0967 e. The lowest BCUT2D eigenvalue weighted by Crippen LogP contribution is -2.25. The molecule has 0 saturated heterocycles. The van der Waals surface area contributed by atoms with Crippen LogP contribution in [0.3, 0.4) is 0 Å². The number of aryl methyl sites for hydroxylation is 1. The van der Waals surface area contributed by atoms with Gasteiger partial charge in [-0.05, 0) is 43.9 Å². The maximum atomic E-state index is 6.57. The quantitative estimate of drug-likeness (QED) is 0.602. The Morgan fingerprint density at radius 2 is 1.92 bits per heavy atom. The number of hydrogen-bond acceptors (Lipinski definition) is 3. The number of aromatic nitrogens is 1. The van der Waals surface area contributed by atoms with E-state index < -0.39 is 0 Å². The van der Waals surface area contributed by atoms with Crippen molar-refractivity contribution in [2.75, 3.05) is 23.7 Å². The van der Waals surface area contributed by atoms with E-state index in [9.17, 15) is 0 Å². The molecule has 0 aliphatic carbocycles. The SMILES string of the molecule is CCCCN(CC)c1cc(C)nc(-c2ccc(C(C)C)cc2Br)c1N. The van der Waals surface area contributed by atoms with E-state index in [2.05, 4.69) is 72.8 Å². The van der Waals surface area contributed by atoms with E-state index in [1.807, 2.05) is 6.92 Å². The van der Waals surface area contributed by atoms with Gasteiger partial charge in [-0.1, -0.05) is 55.3 Å². The van der Waals surface area contributed by atoms with Crippen molar-refractivity contribution in [3.63, 3.8) is 0 Å². The van der Waals surface area contributed by atoms with Crippen LogP contribution in [0.5, 0.6) is 0 Å². The molecule has 0 spiro atoms. The van der Waals surface area contributed by atoms with Gasteiger partial charge in [0, 0.05) is 28.8 Å². The molecule has 1 heterocycles. The molecule has 0 bridgehead atoms. The van der Waals surface area contributed by atoms with Gasteiger partial charge in [-0.2, -0.15) is 0 Å². The van der Waals surface area contributed by atoms with E-state index in [-0.39, 0.29) is 0 Å². The average Bonchev–Trinajstić information content (AvgIpc) is 2.58. The highest BCUT2D eigenvalue weighted by Crippen LogP contribution is 2.37. The normalized spacial score (nSPS) is 11.2. The van der Waals surface area contributed by atoms with Crippen molar-refractivity contribution in [1.82, 2.24) is 4.98 Å². The first-order chi connectivity index (χ1) is 11.9. The van der Waals surface area contributed by atoms with Crippen LogP contribution in [0.15, 0.2) is 28.7 Å². The third-order valence-electron chi connectivity index (χ3n) is 4.58. The van der Waals surface area contributed by atoms with Crippen molar-refractivity contribution in [3.8, 4) is 11.3 Å². The van der Waals surface area contributed by atoms with E-state index in [1.54, 1.807) is 0 Å². The Labute approximate surface area is 160 Å². The molecular formula is C21H30BrN3. The summed E-state index contributed by atoms with van der Waals surface area (Å²) in [5.41, 5.74) is 12.7. The first kappa shape index (κ1) is 19.8. The Morgan fingerprint density at radius 1 is 1.20 bits per heavy atom. The van der Waals surface area contributed by atoms with Crippen molar-refractivity contribution in [1.29, 1.82) is 0 Å². The molecule has 0 amide bonds. The third kappa shape index (κ3) is 4.55. The predicted molar refractivity (Wildman–Crippen MR) is 113 cm³/mol. The summed E-state index contributed by atoms with van der Waals surface area (Å²) < 4.78 is 1.05. The maximum absolute atomic E-state index is 6.57. The monoisotopic (exact) mass is 403 g/mol. The molecule has 2 N–H and O–H groups in total. The summed E-state index contributed by atoms with van der Waals surface area (Å²) in [6.07, 6.45) is 2.34. The van der Waals surface area contributed by atoms with Crippen LogP contribution >= 0.6 is 15.9 Å². The molecule has 2 aromatic rings. The van der Waals surface area contributed by atoms with Crippen LogP contribution in [-0.2, 0) is 0 Å². The van der Waals surface area contributed by atoms with Crippen molar-refractivity contribution in [2.45, 2.75) is 53.4 Å². The molecule has 2 rings (SSSR count). The Bertz CT molecular complexity index is 725. The van der Waals surface area contributed by atoms with E-state index >= 15 is 0 Å². The van der Waals surface area contributed by atoms with Crippen LogP contribution in [0, 0.1) is 6.92 Å². The number of anilines is 2. The largest absolute Gasteiger partial charge is 0.395 e. The summed E-state index contributed by atoms with van der Waals surface area (Å²) in [6, 6.07) is 8.58. The van der Waals surface area contributed by atoms with Crippen molar-refractivity contribution < 1.29 is 0 Å². The lowest BCUT2D eigenvalue weighted by atomic mass is 9.99. The van der Waals surface area contributed by atoms with E-state index in [1.165, 1.54) is 12.0 Å². The number of benzene rings is 1. The number of nitrogens with zero attached hydrogens (tertiary/aromatic N) is 2. The van der Waals surface area contributed by atoms with E-state index in [0.717, 1.165) is 52.3 Å². The number of nitrogen functional groups attached to an aromatic ring is 1. The van der Waals surface area contributed by atoms with Gasteiger partial charge in [0.15, 0.2) is 0 Å². The number of rotatable bonds is 7. The molecule has 0 fully saturated rings. The Morgan fingerprint density at radius 3 is 2.48 bits per heavy atom. The first-order valence-corrected chi connectivity index (χ1v) is 10.00. The predicted octanol–water partition coefficient (Wildman–Crippen LogP) is 6.15. The summed E-state index contributed by atoms with van der Waals surface area (Å²) in [4.78, 5) is 7.11. The molecule has 0 aliphatic heterocycles. The van der Waals surface area contributed by atoms with Gasteiger partial charge >= 0.3 is 0 Å². The van der Waals surface area contributed by atoms with Gasteiger partial charge in [-0.25, -0.2) is 0 Å². The second-order valence-corrected chi connectivity index (χ2v) is 7.73. The molecule has 0 saturated carbocycles. The molecule has 25 heavy (non-hydrogen) atoms. The maximum Gasteiger partial charge on any atom is 0.0967 e. The van der Waals surface area contributed by atoms with Gasteiger partial charge in [0.1, 0.15) is 0 Å². The minimum Gasteiger partial charge on any atom is -0.395 e. The Hall–Kier alpha value is -1.55. The second kappa shape index (κ2) is 8.70. The van der Waals surface area contributed by atoms with Crippen LogP contribution in [0.1, 0.15) is 57.7 Å². The second-order valence-electron chi connectivity index (χ2n) is 6.87. The fraction of sp³-hybridized carbons (Fsp3) is 0.476. The minimum atomic E-state index is 0.494. The van der Waals surface area contributed by atoms with Crippen LogP contribution in [0.25, 0.3) is 11.3 Å². The van der Waals surface area contributed by atoms with Gasteiger partial charge in [-0.3, -0.25) is 4.98 Å². The molecule has 0 radical (unpaired) electrons. The molecule has 0 unspecified atom stereocenters. The third-order valence-corrected chi connectivity index (χ3v) is 5.24. The van der Waals surface area contributed by atoms with Crippen LogP contribution in [0.2, 0.25) is 0 Å². The molecular weight excluding hydrogens is 374 g/mol. The lowest BCUT2D eigenvalue weighted by Gasteiger charge is -2.26. The fourth-order valence-electron chi connectivity index (χ4n) is 3.01. The molecule has 3 nitrogen and oxygen atoms in total. The van der Waals surface area contributed by atoms with E-state index in [0.29, 0.717) is 5.92 Å². The lowest BCUT2D eigenvalue weighted by molar-refractivity contribution is 0.732. The number of unbranched alkanes of at least 4 members (excludes halogenated alkanes) is 1. The fourth-order valence-corrected chi connectivity index (χ4v) is 3.60. The zero-order chi connectivity index (χ0) is 18.6. The Balaban J connectivity index is 2.52. The summed E-state index contributed by atoms with van der Waals surface area (Å²) in [5.74, 6) is 0.494. The van der Waals surface area contributed by atoms with Crippen molar-refractivity contribution >= 4 is 27.3 Å². The van der Waals surface area contributed by atoms with Crippen molar-refractivity contribution in [3.05, 3.63) is 40.0 Å². The molecule has 0 atom stereocenters. The van der Waals surface area contributed by atoms with Crippen molar-refractivity contribution in [2.24, 2.45) is 0 Å². The molecule has 4 heteroatoms. The van der Waals surface area contributed by atoms with Gasteiger partial charge in [0.25, 0.3) is 0 Å². The van der Waals surface area contributed by atoms with Gasteiger partial charge in [0.05, 0.1) is 17.1 Å². The van der Waals surface area contributed by atoms with Crippen LogP contribution < -0.4 is 10.6 Å². The van der Waals surface area contributed by atoms with Gasteiger partial charge in [0.2, 0.25) is 0 Å². The van der Waals surface area contributed by atoms with E-state index in [4.69, 9.17) is 10.7 Å². The summed E-state index contributed by atoms with van der Waals surface area (Å²) in [6.45, 7) is 12.8. The molecule has 1 aromatic heterocycles. The summed E-state index contributed by atoms with van der Waals surface area (Å²) in [5, 5.41) is 0. The minimum absolute atomic E-state index is 0.494. The highest BCUT2D eigenvalue weighted by molar-refractivity contribution is 9.10. The Kier molecular flexibility index (Phi) is 6.88.